The van der Waals surface area contributed by atoms with E-state index in [1.165, 1.54) is 11.3 Å². The number of urea groups is 1. The van der Waals surface area contributed by atoms with Gasteiger partial charge in [-0.25, -0.2) is 4.79 Å². The Morgan fingerprint density at radius 2 is 1.76 bits per heavy atom. The van der Waals surface area contributed by atoms with E-state index in [0.29, 0.717) is 38.5 Å². The van der Waals surface area contributed by atoms with Crippen LogP contribution >= 0.6 is 22.9 Å². The molecule has 2 aromatic heterocycles. The van der Waals surface area contributed by atoms with Gasteiger partial charge in [0.05, 0.1) is 17.1 Å². The first kappa shape index (κ1) is 22.7. The first-order valence-corrected chi connectivity index (χ1v) is 11.6. The number of rotatable bonds is 7. The van der Waals surface area contributed by atoms with Gasteiger partial charge in [-0.15, -0.1) is 21.5 Å². The molecule has 2 aromatic carbocycles. The van der Waals surface area contributed by atoms with E-state index in [2.05, 4.69) is 20.8 Å². The number of nitrogens with one attached hydrogen (secondary N) is 2. The molecule has 33 heavy (non-hydrogen) atoms. The normalized spacial score (nSPS) is 10.8. The van der Waals surface area contributed by atoms with Crippen molar-refractivity contribution in [3.05, 3.63) is 93.3 Å². The van der Waals surface area contributed by atoms with Gasteiger partial charge in [0.1, 0.15) is 10.8 Å². The SMILES string of the molecule is CCc1cc(C(=O)c2ccccc2Cl)c(-n2c(C)nnc2CNC(=O)Nc2ccccc2)s1. The van der Waals surface area contributed by atoms with Crippen LogP contribution in [0, 0.1) is 6.92 Å². The summed E-state index contributed by atoms with van der Waals surface area (Å²) in [5, 5.41) is 15.1. The lowest BCUT2D eigenvalue weighted by Gasteiger charge is -2.11. The third-order valence-electron chi connectivity index (χ3n) is 5.01. The van der Waals surface area contributed by atoms with Crippen LogP contribution in [-0.2, 0) is 13.0 Å². The van der Waals surface area contributed by atoms with Gasteiger partial charge < -0.3 is 10.6 Å². The average molecular weight is 480 g/mol. The summed E-state index contributed by atoms with van der Waals surface area (Å²) in [7, 11) is 0. The van der Waals surface area contributed by atoms with Crippen LogP contribution in [0.1, 0.15) is 39.4 Å². The van der Waals surface area contributed by atoms with Crippen LogP contribution in [0.5, 0.6) is 0 Å². The molecule has 0 aliphatic carbocycles. The zero-order valence-corrected chi connectivity index (χ0v) is 19.7. The molecule has 2 amide bonds. The molecule has 168 valence electrons. The number of aromatic nitrogens is 3. The largest absolute Gasteiger partial charge is 0.331 e. The molecule has 0 fully saturated rings. The number of carbonyl (C=O) groups is 2. The van der Waals surface area contributed by atoms with Crippen LogP contribution in [0.3, 0.4) is 0 Å². The molecule has 4 aromatic rings. The van der Waals surface area contributed by atoms with Gasteiger partial charge >= 0.3 is 6.03 Å². The van der Waals surface area contributed by atoms with Gasteiger partial charge in [-0.2, -0.15) is 0 Å². The van der Waals surface area contributed by atoms with Crippen molar-refractivity contribution in [3.8, 4) is 5.00 Å². The lowest BCUT2D eigenvalue weighted by atomic mass is 10.0. The van der Waals surface area contributed by atoms with Gasteiger partial charge in [0, 0.05) is 16.1 Å². The highest BCUT2D eigenvalue weighted by Crippen LogP contribution is 2.32. The molecule has 4 rings (SSSR count). The number of thiophene rings is 1. The topological polar surface area (TPSA) is 88.9 Å². The second kappa shape index (κ2) is 9.97. The van der Waals surface area contributed by atoms with Crippen LogP contribution in [0.15, 0.2) is 60.7 Å². The van der Waals surface area contributed by atoms with E-state index in [1.807, 2.05) is 42.7 Å². The van der Waals surface area contributed by atoms with E-state index < -0.39 is 0 Å². The first-order chi connectivity index (χ1) is 16.0. The molecule has 0 radical (unpaired) electrons. The van der Waals surface area contributed by atoms with Crippen LogP contribution in [-0.4, -0.2) is 26.6 Å². The monoisotopic (exact) mass is 479 g/mol. The minimum Gasteiger partial charge on any atom is -0.331 e. The zero-order chi connectivity index (χ0) is 23.4. The van der Waals surface area contributed by atoms with Crippen LogP contribution in [0.4, 0.5) is 10.5 Å². The molecule has 0 aliphatic rings. The number of para-hydroxylation sites is 1. The van der Waals surface area contributed by atoms with Crippen molar-refractivity contribution >= 4 is 40.4 Å². The second-order valence-electron chi connectivity index (χ2n) is 7.27. The van der Waals surface area contributed by atoms with Gasteiger partial charge in [0.2, 0.25) is 0 Å². The Balaban J connectivity index is 1.63. The molecule has 0 spiro atoms. The molecular weight excluding hydrogens is 458 g/mol. The molecule has 0 atom stereocenters. The van der Waals surface area contributed by atoms with Crippen LogP contribution in [0.2, 0.25) is 5.02 Å². The van der Waals surface area contributed by atoms with Gasteiger partial charge in [-0.05, 0) is 43.7 Å². The Morgan fingerprint density at radius 1 is 1.03 bits per heavy atom. The smallest absolute Gasteiger partial charge is 0.319 e. The van der Waals surface area contributed by atoms with Crippen molar-refractivity contribution in [2.75, 3.05) is 5.32 Å². The van der Waals surface area contributed by atoms with Crippen molar-refractivity contribution < 1.29 is 9.59 Å². The first-order valence-electron chi connectivity index (χ1n) is 10.4. The van der Waals surface area contributed by atoms with E-state index in [-0.39, 0.29) is 18.4 Å². The van der Waals surface area contributed by atoms with Gasteiger partial charge in [0.15, 0.2) is 11.6 Å². The van der Waals surface area contributed by atoms with E-state index >= 15 is 0 Å². The number of amides is 2. The Labute approximate surface area is 200 Å². The lowest BCUT2D eigenvalue weighted by molar-refractivity contribution is 0.103. The maximum Gasteiger partial charge on any atom is 0.319 e. The lowest BCUT2D eigenvalue weighted by Crippen LogP contribution is -2.29. The predicted octanol–water partition coefficient (Wildman–Crippen LogP) is 5.41. The van der Waals surface area contributed by atoms with Crippen LogP contribution in [0.25, 0.3) is 5.00 Å². The Morgan fingerprint density at radius 3 is 2.48 bits per heavy atom. The molecule has 0 saturated heterocycles. The molecule has 0 saturated carbocycles. The third kappa shape index (κ3) is 4.97. The van der Waals surface area contributed by atoms with Crippen molar-refractivity contribution in [2.45, 2.75) is 26.8 Å². The maximum absolute atomic E-state index is 13.4. The molecule has 7 nitrogen and oxygen atoms in total. The number of nitrogens with zero attached hydrogens (tertiary/aromatic N) is 3. The highest BCUT2D eigenvalue weighted by atomic mass is 35.5. The Kier molecular flexibility index (Phi) is 6.86. The number of carbonyl (C=O) groups excluding carboxylic acids is 2. The van der Waals surface area contributed by atoms with E-state index in [9.17, 15) is 9.59 Å². The Bertz CT molecular complexity index is 1300. The number of ketones is 1. The molecule has 9 heteroatoms. The number of hydrogen-bond acceptors (Lipinski definition) is 5. The number of hydrogen-bond donors (Lipinski definition) is 2. The number of halogens is 1. The second-order valence-corrected chi connectivity index (χ2v) is 8.79. The van der Waals surface area contributed by atoms with Gasteiger partial charge in [-0.3, -0.25) is 9.36 Å². The minimum absolute atomic E-state index is 0.137. The summed E-state index contributed by atoms with van der Waals surface area (Å²) in [6.45, 7) is 3.99. The fourth-order valence-electron chi connectivity index (χ4n) is 3.37. The average Bonchev–Trinajstić information content (AvgIpc) is 3.41. The molecule has 0 unspecified atom stereocenters. The number of benzene rings is 2. The van der Waals surface area contributed by atoms with Crippen LogP contribution < -0.4 is 10.6 Å². The summed E-state index contributed by atoms with van der Waals surface area (Å²) in [5.74, 6) is 0.974. The summed E-state index contributed by atoms with van der Waals surface area (Å²) in [4.78, 5) is 26.8. The number of anilines is 1. The molecular formula is C24H22ClN5O2S. The highest BCUT2D eigenvalue weighted by Gasteiger charge is 2.23. The van der Waals surface area contributed by atoms with E-state index in [0.717, 1.165) is 11.3 Å². The predicted molar refractivity (Wildman–Crippen MR) is 131 cm³/mol. The third-order valence-corrected chi connectivity index (χ3v) is 6.60. The van der Waals surface area contributed by atoms with Gasteiger partial charge in [-0.1, -0.05) is 48.9 Å². The Hall–Kier alpha value is -3.49. The minimum atomic E-state index is -0.360. The highest BCUT2D eigenvalue weighted by molar-refractivity contribution is 7.15. The number of aryl methyl sites for hydroxylation is 2. The zero-order valence-electron chi connectivity index (χ0n) is 18.1. The summed E-state index contributed by atoms with van der Waals surface area (Å²) in [6, 6.07) is 17.7. The van der Waals surface area contributed by atoms with E-state index in [1.54, 1.807) is 36.4 Å². The molecule has 2 heterocycles. The quantitative estimate of drug-likeness (QED) is 0.347. The molecule has 0 bridgehead atoms. The summed E-state index contributed by atoms with van der Waals surface area (Å²) in [5.41, 5.74) is 1.66. The van der Waals surface area contributed by atoms with Crippen molar-refractivity contribution in [1.29, 1.82) is 0 Å². The standard InChI is InChI=1S/C24H22ClN5O2S/c1-3-17-13-19(22(31)18-11-7-8-12-20(18)25)23(33-17)30-15(2)28-29-21(30)14-26-24(32)27-16-9-5-4-6-10-16/h4-13H,3,14H2,1-2H3,(H2,26,27,32). The summed E-state index contributed by atoms with van der Waals surface area (Å²) in [6.07, 6.45) is 0.779. The fraction of sp³-hybridized carbons (Fsp3) is 0.167. The fourth-order valence-corrected chi connectivity index (χ4v) is 4.75. The van der Waals surface area contributed by atoms with Crippen molar-refractivity contribution in [2.24, 2.45) is 0 Å². The molecule has 2 N–H and O–H groups in total. The summed E-state index contributed by atoms with van der Waals surface area (Å²) >= 11 is 7.80. The van der Waals surface area contributed by atoms with Crippen molar-refractivity contribution in [3.63, 3.8) is 0 Å². The molecule has 0 aliphatic heterocycles. The van der Waals surface area contributed by atoms with E-state index in [4.69, 9.17) is 11.6 Å². The summed E-state index contributed by atoms with van der Waals surface area (Å²) < 4.78 is 1.82. The maximum atomic E-state index is 13.4. The van der Waals surface area contributed by atoms with Crippen molar-refractivity contribution in [1.82, 2.24) is 20.1 Å². The van der Waals surface area contributed by atoms with Gasteiger partial charge in [0.25, 0.3) is 0 Å².